The Morgan fingerprint density at radius 2 is 1.88 bits per heavy atom. The van der Waals surface area contributed by atoms with Gasteiger partial charge in [0.25, 0.3) is 0 Å². The number of aromatic nitrogens is 3. The molecule has 82 valence electrons. The second-order valence-electron chi connectivity index (χ2n) is 3.00. The summed E-state index contributed by atoms with van der Waals surface area (Å²) in [5, 5.41) is 10.3. The van der Waals surface area contributed by atoms with Crippen molar-refractivity contribution in [1.29, 1.82) is 0 Å². The van der Waals surface area contributed by atoms with Crippen LogP contribution in [0, 0.1) is 0 Å². The lowest BCUT2D eigenvalue weighted by Crippen LogP contribution is -2.26. The molecule has 0 unspecified atom stereocenters. The van der Waals surface area contributed by atoms with E-state index in [2.05, 4.69) is 25.4 Å². The molecular formula is C8H10N8. The first kappa shape index (κ1) is 9.90. The number of nitrogens with zero attached hydrogens (tertiary/aromatic N) is 4. The van der Waals surface area contributed by atoms with Gasteiger partial charge in [0.1, 0.15) is 11.0 Å². The van der Waals surface area contributed by atoms with E-state index in [1.807, 2.05) is 0 Å². The number of rotatable bonds is 1. The minimum atomic E-state index is -0.135. The van der Waals surface area contributed by atoms with Gasteiger partial charge in [0.2, 0.25) is 5.96 Å². The van der Waals surface area contributed by atoms with Crippen LogP contribution in [0.3, 0.4) is 0 Å². The molecule has 1 heterocycles. The summed E-state index contributed by atoms with van der Waals surface area (Å²) in [5.41, 5.74) is 17.8. The molecular weight excluding hydrogens is 208 g/mol. The molecule has 8 heteroatoms. The zero-order chi connectivity index (χ0) is 11.5. The average molecular weight is 218 g/mol. The Balaban J connectivity index is 2.37. The lowest BCUT2D eigenvalue weighted by atomic mass is 10.3. The fourth-order valence-electron chi connectivity index (χ4n) is 1.19. The smallest absolute Gasteiger partial charge is 0.223 e. The van der Waals surface area contributed by atoms with Gasteiger partial charge in [-0.05, 0) is 18.2 Å². The number of hydrogen-bond donors (Lipinski definition) is 4. The standard InChI is InChI=1S/C8H10N8/c9-7(10)13-8(11)12-4-1-2-5-6(3-4)15-16-14-5/h1-3H,(H,14,15,16)(H6,9,10,11,12,13). The van der Waals surface area contributed by atoms with E-state index in [-0.39, 0.29) is 11.9 Å². The fraction of sp³-hybridized carbons (Fsp3) is 0. The zero-order valence-corrected chi connectivity index (χ0v) is 8.25. The van der Waals surface area contributed by atoms with Gasteiger partial charge in [-0.15, -0.1) is 0 Å². The molecule has 0 bridgehead atoms. The number of nitrogens with two attached hydrogens (primary N) is 3. The molecule has 7 N–H and O–H groups in total. The summed E-state index contributed by atoms with van der Waals surface area (Å²) in [6.07, 6.45) is 0. The van der Waals surface area contributed by atoms with Crippen LogP contribution in [0.25, 0.3) is 11.0 Å². The van der Waals surface area contributed by atoms with Crippen molar-refractivity contribution >= 4 is 28.6 Å². The minimum Gasteiger partial charge on any atom is -0.370 e. The van der Waals surface area contributed by atoms with E-state index in [1.165, 1.54) is 0 Å². The Morgan fingerprint density at radius 3 is 2.62 bits per heavy atom. The highest BCUT2D eigenvalue weighted by Gasteiger charge is 1.99. The molecule has 0 saturated carbocycles. The summed E-state index contributed by atoms with van der Waals surface area (Å²) in [4.78, 5) is 7.59. The molecule has 0 radical (unpaired) electrons. The first-order valence-electron chi connectivity index (χ1n) is 4.39. The average Bonchev–Trinajstić information content (AvgIpc) is 2.63. The highest BCUT2D eigenvalue weighted by Crippen LogP contribution is 2.17. The van der Waals surface area contributed by atoms with Gasteiger partial charge < -0.3 is 17.2 Å². The summed E-state index contributed by atoms with van der Waals surface area (Å²) in [7, 11) is 0. The number of guanidine groups is 2. The van der Waals surface area contributed by atoms with Gasteiger partial charge in [0.05, 0.1) is 5.69 Å². The van der Waals surface area contributed by atoms with Gasteiger partial charge in [-0.25, -0.2) is 4.99 Å². The third-order valence-electron chi connectivity index (χ3n) is 1.79. The van der Waals surface area contributed by atoms with Gasteiger partial charge in [0, 0.05) is 0 Å². The molecule has 1 aromatic carbocycles. The highest BCUT2D eigenvalue weighted by atomic mass is 15.3. The number of nitrogens with one attached hydrogen (secondary N) is 1. The molecule has 8 nitrogen and oxygen atoms in total. The molecule has 0 amide bonds. The summed E-state index contributed by atoms with van der Waals surface area (Å²) in [6, 6.07) is 5.22. The summed E-state index contributed by atoms with van der Waals surface area (Å²) < 4.78 is 0. The Labute approximate surface area is 90.2 Å². The van der Waals surface area contributed by atoms with Gasteiger partial charge >= 0.3 is 0 Å². The van der Waals surface area contributed by atoms with Gasteiger partial charge in [-0.1, -0.05) is 0 Å². The maximum absolute atomic E-state index is 5.48. The molecule has 0 aliphatic carbocycles. The van der Waals surface area contributed by atoms with E-state index in [1.54, 1.807) is 18.2 Å². The number of aliphatic imine (C=N–C) groups is 2. The van der Waals surface area contributed by atoms with E-state index in [9.17, 15) is 0 Å². The Bertz CT molecular complexity index is 562. The van der Waals surface area contributed by atoms with Crippen molar-refractivity contribution in [2.75, 3.05) is 0 Å². The van der Waals surface area contributed by atoms with Crippen LogP contribution in [0.2, 0.25) is 0 Å². The maximum atomic E-state index is 5.48. The second-order valence-corrected chi connectivity index (χ2v) is 3.00. The molecule has 0 saturated heterocycles. The summed E-state index contributed by atoms with van der Waals surface area (Å²) >= 11 is 0. The number of H-pyrrole nitrogens is 1. The molecule has 1 aromatic heterocycles. The maximum Gasteiger partial charge on any atom is 0.223 e. The van der Waals surface area contributed by atoms with E-state index in [0.29, 0.717) is 11.2 Å². The molecule has 2 rings (SSSR count). The summed E-state index contributed by atoms with van der Waals surface area (Å²) in [5.74, 6) is -0.147. The SMILES string of the molecule is NC(N)=NC(N)=Nc1ccc2n[nH]nc2c1. The summed E-state index contributed by atoms with van der Waals surface area (Å²) in [6.45, 7) is 0. The van der Waals surface area contributed by atoms with Crippen molar-refractivity contribution in [3.8, 4) is 0 Å². The van der Waals surface area contributed by atoms with Gasteiger partial charge in [-0.3, -0.25) is 0 Å². The third kappa shape index (κ3) is 2.05. The lowest BCUT2D eigenvalue weighted by Gasteiger charge is -1.95. The monoisotopic (exact) mass is 218 g/mol. The predicted molar refractivity (Wildman–Crippen MR) is 61.0 cm³/mol. The second kappa shape index (κ2) is 3.85. The van der Waals surface area contributed by atoms with Crippen molar-refractivity contribution in [2.24, 2.45) is 27.2 Å². The molecule has 16 heavy (non-hydrogen) atoms. The Hall–Kier alpha value is -2.64. The Morgan fingerprint density at radius 1 is 1.12 bits per heavy atom. The van der Waals surface area contributed by atoms with E-state index >= 15 is 0 Å². The van der Waals surface area contributed by atoms with Crippen molar-refractivity contribution in [2.45, 2.75) is 0 Å². The number of benzene rings is 1. The van der Waals surface area contributed by atoms with Gasteiger partial charge in [0.15, 0.2) is 5.96 Å². The van der Waals surface area contributed by atoms with Crippen LogP contribution < -0.4 is 17.2 Å². The molecule has 2 aromatic rings. The topological polar surface area (TPSA) is 144 Å². The number of aromatic amines is 1. The predicted octanol–water partition coefficient (Wildman–Crippen LogP) is -0.822. The van der Waals surface area contributed by atoms with Crippen molar-refractivity contribution in [3.05, 3.63) is 18.2 Å². The van der Waals surface area contributed by atoms with Crippen LogP contribution in [0.5, 0.6) is 0 Å². The van der Waals surface area contributed by atoms with Crippen LogP contribution in [0.1, 0.15) is 0 Å². The molecule has 0 aliphatic heterocycles. The molecule has 0 aliphatic rings. The van der Waals surface area contributed by atoms with Crippen LogP contribution in [0.4, 0.5) is 5.69 Å². The first-order chi connectivity index (χ1) is 7.65. The minimum absolute atomic E-state index is 0.0113. The fourth-order valence-corrected chi connectivity index (χ4v) is 1.19. The quantitative estimate of drug-likeness (QED) is 0.365. The van der Waals surface area contributed by atoms with Crippen molar-refractivity contribution in [1.82, 2.24) is 15.4 Å². The van der Waals surface area contributed by atoms with Gasteiger partial charge in [-0.2, -0.15) is 20.4 Å². The molecule has 0 atom stereocenters. The molecule has 0 fully saturated rings. The van der Waals surface area contributed by atoms with Crippen LogP contribution in [-0.2, 0) is 0 Å². The largest absolute Gasteiger partial charge is 0.370 e. The first-order valence-corrected chi connectivity index (χ1v) is 4.39. The third-order valence-corrected chi connectivity index (χ3v) is 1.79. The number of fused-ring (bicyclic) bond motifs is 1. The lowest BCUT2D eigenvalue weighted by molar-refractivity contribution is 0.959. The van der Waals surface area contributed by atoms with E-state index in [0.717, 1.165) is 5.52 Å². The highest BCUT2D eigenvalue weighted by molar-refractivity contribution is 5.94. The van der Waals surface area contributed by atoms with Crippen LogP contribution in [0.15, 0.2) is 28.2 Å². The zero-order valence-electron chi connectivity index (χ0n) is 8.25. The van der Waals surface area contributed by atoms with Crippen LogP contribution >= 0.6 is 0 Å². The van der Waals surface area contributed by atoms with E-state index in [4.69, 9.17) is 17.2 Å². The van der Waals surface area contributed by atoms with Crippen molar-refractivity contribution in [3.63, 3.8) is 0 Å². The van der Waals surface area contributed by atoms with Crippen LogP contribution in [-0.4, -0.2) is 27.3 Å². The van der Waals surface area contributed by atoms with E-state index < -0.39 is 0 Å². The normalized spacial score (nSPS) is 11.6. The Kier molecular flexibility index (Phi) is 2.38. The molecule has 0 spiro atoms. The van der Waals surface area contributed by atoms with Crippen molar-refractivity contribution < 1.29 is 0 Å². The number of hydrogen-bond acceptors (Lipinski definition) is 3.